The lowest BCUT2D eigenvalue weighted by Crippen LogP contribution is -2.40. The molecule has 0 atom stereocenters. The summed E-state index contributed by atoms with van der Waals surface area (Å²) in [4.78, 5) is 22.8. The van der Waals surface area contributed by atoms with Gasteiger partial charge in [0.15, 0.2) is 16.4 Å². The largest absolute Gasteiger partial charge is 0.481 e. The number of hydrogen-bond donors (Lipinski definition) is 6. The van der Waals surface area contributed by atoms with E-state index in [0.29, 0.717) is 49.2 Å². The lowest BCUT2D eigenvalue weighted by molar-refractivity contribution is -0.147. The van der Waals surface area contributed by atoms with E-state index in [1.807, 2.05) is 0 Å². The van der Waals surface area contributed by atoms with Crippen molar-refractivity contribution < 1.29 is 14.7 Å². The van der Waals surface area contributed by atoms with Crippen molar-refractivity contribution in [1.29, 1.82) is 5.26 Å². The smallest absolute Gasteiger partial charge is 0.309 e. The van der Waals surface area contributed by atoms with Crippen molar-refractivity contribution in [2.45, 2.75) is 59.8 Å². The Labute approximate surface area is 196 Å². The molecule has 0 aromatic carbocycles. The Morgan fingerprint density at radius 1 is 0.806 bits per heavy atom. The second kappa shape index (κ2) is 14.8. The Bertz CT molecular complexity index is 662. The number of carboxylic acid groups (broad SMARTS) is 1. The fourth-order valence-corrected chi connectivity index (χ4v) is 2.93. The summed E-state index contributed by atoms with van der Waals surface area (Å²) in [7, 11) is 0. The molecule has 0 heterocycles. The molecule has 0 spiro atoms. The molecule has 31 heavy (non-hydrogen) atoms. The third-order valence-electron chi connectivity index (χ3n) is 4.82. The van der Waals surface area contributed by atoms with E-state index in [4.69, 9.17) is 34.8 Å². The third kappa shape index (κ3) is 13.7. The van der Waals surface area contributed by atoms with Crippen LogP contribution in [0.2, 0.25) is 0 Å². The zero-order valence-electron chi connectivity index (χ0n) is 18.9. The van der Waals surface area contributed by atoms with Crippen molar-refractivity contribution in [1.82, 2.24) is 26.6 Å². The first-order valence-electron chi connectivity index (χ1n) is 10.4. The van der Waals surface area contributed by atoms with Crippen molar-refractivity contribution in [3.63, 3.8) is 0 Å². The summed E-state index contributed by atoms with van der Waals surface area (Å²) in [6.45, 7) is 9.68. The summed E-state index contributed by atoms with van der Waals surface area (Å²) in [5, 5.41) is 33.3. The lowest BCUT2D eigenvalue weighted by atomic mass is 9.87. The fraction of sp³-hybridized carbons (Fsp3) is 0.750. The monoisotopic (exact) mass is 472 g/mol. The van der Waals surface area contributed by atoms with E-state index in [-0.39, 0.29) is 5.91 Å². The SMILES string of the molecule is CC(C)(CCCNC(=S)NCCCNC(=S)NCCCC(C)(C)C(=O)NC#N)C(=O)O. The number of rotatable bonds is 14. The fourth-order valence-electron chi connectivity index (χ4n) is 2.52. The molecule has 0 saturated carbocycles. The van der Waals surface area contributed by atoms with Crippen molar-refractivity contribution in [2.24, 2.45) is 10.8 Å². The third-order valence-corrected chi connectivity index (χ3v) is 5.39. The van der Waals surface area contributed by atoms with Gasteiger partial charge in [-0.15, -0.1) is 0 Å². The minimum atomic E-state index is -0.792. The number of aliphatic carboxylic acids is 1. The van der Waals surface area contributed by atoms with E-state index in [2.05, 4.69) is 26.6 Å². The molecule has 0 rings (SSSR count). The van der Waals surface area contributed by atoms with Crippen LogP contribution in [0.25, 0.3) is 0 Å². The maximum absolute atomic E-state index is 11.7. The van der Waals surface area contributed by atoms with Crippen LogP contribution in [0, 0.1) is 22.3 Å². The van der Waals surface area contributed by atoms with Gasteiger partial charge >= 0.3 is 5.97 Å². The molecule has 176 valence electrons. The van der Waals surface area contributed by atoms with Gasteiger partial charge in [-0.05, 0) is 70.4 Å². The first-order chi connectivity index (χ1) is 14.4. The molecule has 11 heteroatoms. The van der Waals surface area contributed by atoms with Gasteiger partial charge in [-0.25, -0.2) is 0 Å². The molecule has 0 aliphatic heterocycles. The predicted molar refractivity (Wildman–Crippen MR) is 129 cm³/mol. The molecule has 6 N–H and O–H groups in total. The molecule has 0 radical (unpaired) electrons. The van der Waals surface area contributed by atoms with Crippen LogP contribution in [0.5, 0.6) is 0 Å². The molecule has 0 aromatic heterocycles. The van der Waals surface area contributed by atoms with Crippen LogP contribution in [-0.4, -0.2) is 53.4 Å². The van der Waals surface area contributed by atoms with Gasteiger partial charge in [-0.2, -0.15) is 5.26 Å². The lowest BCUT2D eigenvalue weighted by Gasteiger charge is -2.21. The second-order valence-electron chi connectivity index (χ2n) is 8.56. The van der Waals surface area contributed by atoms with Crippen molar-refractivity contribution >= 4 is 46.5 Å². The van der Waals surface area contributed by atoms with Gasteiger partial charge in [0, 0.05) is 31.6 Å². The molecule has 0 aromatic rings. The zero-order valence-corrected chi connectivity index (χ0v) is 20.5. The van der Waals surface area contributed by atoms with Gasteiger partial charge in [0.1, 0.15) is 0 Å². The van der Waals surface area contributed by atoms with Gasteiger partial charge in [-0.1, -0.05) is 13.8 Å². The van der Waals surface area contributed by atoms with Gasteiger partial charge in [0.05, 0.1) is 5.41 Å². The Kier molecular flexibility index (Phi) is 13.7. The minimum absolute atomic E-state index is 0.278. The number of thiocarbonyl (C=S) groups is 2. The highest BCUT2D eigenvalue weighted by Gasteiger charge is 2.27. The van der Waals surface area contributed by atoms with Crippen LogP contribution in [0.1, 0.15) is 59.8 Å². The second-order valence-corrected chi connectivity index (χ2v) is 9.38. The summed E-state index contributed by atoms with van der Waals surface area (Å²) in [6.07, 6.45) is 5.17. The van der Waals surface area contributed by atoms with Crippen LogP contribution in [0.4, 0.5) is 0 Å². The zero-order chi connectivity index (χ0) is 23.9. The Balaban J connectivity index is 3.73. The Morgan fingerprint density at radius 3 is 1.58 bits per heavy atom. The summed E-state index contributed by atoms with van der Waals surface area (Å²) in [5.74, 6) is -1.07. The van der Waals surface area contributed by atoms with Crippen LogP contribution < -0.4 is 26.6 Å². The summed E-state index contributed by atoms with van der Waals surface area (Å²) >= 11 is 10.4. The van der Waals surface area contributed by atoms with E-state index in [1.165, 1.54) is 0 Å². The minimum Gasteiger partial charge on any atom is -0.481 e. The standard InChI is InChI=1S/C20H36N6O3S2/c1-19(2,15(27)26-14-21)8-5-10-22-17(30)24-12-7-13-25-18(31)23-11-6-9-20(3,4)16(28)29/h5-13H2,1-4H3,(H,26,27)(H,28,29)(H2,22,24,30)(H2,23,25,31). The van der Waals surface area contributed by atoms with Gasteiger partial charge in [0.25, 0.3) is 0 Å². The molecular formula is C20H36N6O3S2. The molecule has 9 nitrogen and oxygen atoms in total. The summed E-state index contributed by atoms with van der Waals surface area (Å²) < 4.78 is 0. The van der Waals surface area contributed by atoms with E-state index in [0.717, 1.165) is 19.3 Å². The molecule has 0 saturated heterocycles. The van der Waals surface area contributed by atoms with Crippen molar-refractivity contribution in [3.8, 4) is 6.19 Å². The van der Waals surface area contributed by atoms with Gasteiger partial charge in [-0.3, -0.25) is 14.9 Å². The van der Waals surface area contributed by atoms with Crippen LogP contribution >= 0.6 is 24.4 Å². The topological polar surface area (TPSA) is 138 Å². The normalized spacial score (nSPS) is 11.1. The molecular weight excluding hydrogens is 436 g/mol. The Morgan fingerprint density at radius 2 is 1.19 bits per heavy atom. The van der Waals surface area contributed by atoms with E-state index in [9.17, 15) is 9.59 Å². The maximum Gasteiger partial charge on any atom is 0.309 e. The van der Waals surface area contributed by atoms with E-state index in [1.54, 1.807) is 33.9 Å². The number of nitriles is 1. The quantitative estimate of drug-likeness (QED) is 0.0956. The average molecular weight is 473 g/mol. The van der Waals surface area contributed by atoms with Crippen molar-refractivity contribution in [3.05, 3.63) is 0 Å². The number of carboxylic acids is 1. The highest BCUT2D eigenvalue weighted by atomic mass is 32.1. The number of nitrogens with one attached hydrogen (secondary N) is 5. The average Bonchev–Trinajstić information content (AvgIpc) is 2.68. The molecule has 0 aliphatic carbocycles. The highest BCUT2D eigenvalue weighted by molar-refractivity contribution is 7.80. The summed E-state index contributed by atoms with van der Waals surface area (Å²) in [6, 6.07) is 0. The first-order valence-corrected chi connectivity index (χ1v) is 11.2. The predicted octanol–water partition coefficient (Wildman–Crippen LogP) is 1.60. The number of nitrogens with zero attached hydrogens (tertiary/aromatic N) is 1. The number of amides is 1. The maximum atomic E-state index is 11.7. The number of carbonyl (C=O) groups excluding carboxylic acids is 1. The highest BCUT2D eigenvalue weighted by Crippen LogP contribution is 2.22. The Hall–Kier alpha value is -2.19. The molecule has 1 amide bonds. The molecule has 0 aliphatic rings. The van der Waals surface area contributed by atoms with E-state index < -0.39 is 16.8 Å². The molecule has 0 bridgehead atoms. The summed E-state index contributed by atoms with van der Waals surface area (Å²) in [5.41, 5.74) is -1.33. The molecule has 0 fully saturated rings. The van der Waals surface area contributed by atoms with Gasteiger partial charge < -0.3 is 26.4 Å². The van der Waals surface area contributed by atoms with Gasteiger partial charge in [0.2, 0.25) is 5.91 Å². The number of hydrogen-bond acceptors (Lipinski definition) is 5. The van der Waals surface area contributed by atoms with Crippen LogP contribution in [-0.2, 0) is 9.59 Å². The van der Waals surface area contributed by atoms with Crippen LogP contribution in [0.15, 0.2) is 0 Å². The first kappa shape index (κ1) is 28.8. The van der Waals surface area contributed by atoms with E-state index >= 15 is 0 Å². The molecule has 0 unspecified atom stereocenters. The van der Waals surface area contributed by atoms with Crippen LogP contribution in [0.3, 0.4) is 0 Å². The number of carbonyl (C=O) groups is 2. The van der Waals surface area contributed by atoms with Crippen molar-refractivity contribution in [2.75, 3.05) is 26.2 Å².